The Morgan fingerprint density at radius 3 is 2.50 bits per heavy atom. The van der Waals surface area contributed by atoms with E-state index in [9.17, 15) is 4.79 Å². The lowest BCUT2D eigenvalue weighted by molar-refractivity contribution is -0.131. The zero-order valence-corrected chi connectivity index (χ0v) is 12.9. The molecule has 0 aromatic heterocycles. The molecule has 1 aliphatic heterocycles. The minimum absolute atomic E-state index is 0.322. The van der Waals surface area contributed by atoms with E-state index in [1.54, 1.807) is 0 Å². The van der Waals surface area contributed by atoms with Crippen LogP contribution in [0.5, 0.6) is 0 Å². The molecule has 0 unspecified atom stereocenters. The summed E-state index contributed by atoms with van der Waals surface area (Å²) in [5, 5.41) is 0. The van der Waals surface area contributed by atoms with Crippen molar-refractivity contribution in [2.45, 2.75) is 33.6 Å². The molecule has 1 heterocycles. The average molecular weight is 274 g/mol. The van der Waals surface area contributed by atoms with E-state index >= 15 is 0 Å². The average Bonchev–Trinajstić information content (AvgIpc) is 2.45. The Morgan fingerprint density at radius 2 is 1.90 bits per heavy atom. The molecule has 1 aromatic rings. The number of carbonyl (C=O) groups is 1. The summed E-state index contributed by atoms with van der Waals surface area (Å²) < 4.78 is 0. The zero-order valence-electron chi connectivity index (χ0n) is 12.9. The van der Waals surface area contributed by atoms with E-state index < -0.39 is 0 Å². The van der Waals surface area contributed by atoms with E-state index in [2.05, 4.69) is 49.9 Å². The van der Waals surface area contributed by atoms with Crippen LogP contribution in [0.3, 0.4) is 0 Å². The van der Waals surface area contributed by atoms with Gasteiger partial charge in [-0.1, -0.05) is 26.0 Å². The van der Waals surface area contributed by atoms with Crippen molar-refractivity contribution < 1.29 is 4.79 Å². The van der Waals surface area contributed by atoms with Crippen molar-refractivity contribution in [2.24, 2.45) is 5.92 Å². The summed E-state index contributed by atoms with van der Waals surface area (Å²) in [5.41, 5.74) is 2.57. The van der Waals surface area contributed by atoms with E-state index in [1.807, 2.05) is 4.90 Å². The minimum atomic E-state index is 0.322. The van der Waals surface area contributed by atoms with E-state index in [-0.39, 0.29) is 0 Å². The van der Waals surface area contributed by atoms with Crippen molar-refractivity contribution in [1.29, 1.82) is 0 Å². The van der Waals surface area contributed by atoms with Gasteiger partial charge in [0.25, 0.3) is 0 Å². The lowest BCUT2D eigenvalue weighted by Gasteiger charge is -2.36. The quantitative estimate of drug-likeness (QED) is 0.842. The van der Waals surface area contributed by atoms with Crippen LogP contribution in [0.1, 0.15) is 32.3 Å². The number of hydrogen-bond donors (Lipinski definition) is 0. The summed E-state index contributed by atoms with van der Waals surface area (Å²) in [7, 11) is 0. The number of hydrogen-bond acceptors (Lipinski definition) is 2. The number of aryl methyl sites for hydroxylation is 1. The third-order valence-electron chi connectivity index (χ3n) is 3.93. The molecule has 1 aliphatic rings. The normalized spacial score (nSPS) is 15.8. The maximum Gasteiger partial charge on any atom is 0.222 e. The van der Waals surface area contributed by atoms with Crippen LogP contribution < -0.4 is 4.90 Å². The summed E-state index contributed by atoms with van der Waals surface area (Å²) in [6.45, 7) is 10.0. The number of carbonyl (C=O) groups excluding carboxylic acids is 1. The Hall–Kier alpha value is -1.51. The fraction of sp³-hybridized carbons (Fsp3) is 0.588. The summed E-state index contributed by atoms with van der Waals surface area (Å²) in [5.74, 6) is 0.926. The molecule has 2 rings (SSSR count). The first-order chi connectivity index (χ1) is 9.56. The second-order valence-electron chi connectivity index (χ2n) is 6.14. The molecule has 0 N–H and O–H groups in total. The van der Waals surface area contributed by atoms with Gasteiger partial charge in [0.2, 0.25) is 5.91 Å². The Morgan fingerprint density at radius 1 is 1.20 bits per heavy atom. The van der Waals surface area contributed by atoms with Gasteiger partial charge in [0, 0.05) is 38.3 Å². The molecule has 20 heavy (non-hydrogen) atoms. The summed E-state index contributed by atoms with van der Waals surface area (Å²) in [6.07, 6.45) is 1.69. The van der Waals surface area contributed by atoms with E-state index in [0.717, 1.165) is 32.6 Å². The van der Waals surface area contributed by atoms with E-state index in [4.69, 9.17) is 0 Å². The molecular formula is C17H26N2O. The van der Waals surface area contributed by atoms with Gasteiger partial charge in [-0.05, 0) is 37.0 Å². The first-order valence-electron chi connectivity index (χ1n) is 7.65. The molecule has 3 nitrogen and oxygen atoms in total. The van der Waals surface area contributed by atoms with Crippen molar-refractivity contribution in [3.05, 3.63) is 29.8 Å². The second-order valence-corrected chi connectivity index (χ2v) is 6.14. The van der Waals surface area contributed by atoms with Gasteiger partial charge in [0.05, 0.1) is 0 Å². The Kier molecular flexibility index (Phi) is 5.05. The third-order valence-corrected chi connectivity index (χ3v) is 3.93. The van der Waals surface area contributed by atoms with Crippen LogP contribution in [0.25, 0.3) is 0 Å². The van der Waals surface area contributed by atoms with Gasteiger partial charge >= 0.3 is 0 Å². The molecular weight excluding hydrogens is 248 g/mol. The van der Waals surface area contributed by atoms with Gasteiger partial charge in [0.1, 0.15) is 0 Å². The number of amides is 1. The molecule has 0 aliphatic carbocycles. The lowest BCUT2D eigenvalue weighted by atomic mass is 10.1. The van der Waals surface area contributed by atoms with Crippen LogP contribution in [0.4, 0.5) is 5.69 Å². The highest BCUT2D eigenvalue weighted by atomic mass is 16.2. The first kappa shape index (κ1) is 14.9. The van der Waals surface area contributed by atoms with Crippen LogP contribution in [0.2, 0.25) is 0 Å². The number of benzene rings is 1. The van der Waals surface area contributed by atoms with Gasteiger partial charge in [-0.15, -0.1) is 0 Å². The summed E-state index contributed by atoms with van der Waals surface area (Å²) in [4.78, 5) is 16.5. The Labute approximate surface area is 122 Å². The van der Waals surface area contributed by atoms with Crippen molar-refractivity contribution in [3.63, 3.8) is 0 Å². The van der Waals surface area contributed by atoms with Gasteiger partial charge in [-0.2, -0.15) is 0 Å². The molecule has 110 valence electrons. The van der Waals surface area contributed by atoms with Gasteiger partial charge in [0.15, 0.2) is 0 Å². The molecule has 1 saturated heterocycles. The van der Waals surface area contributed by atoms with Crippen molar-refractivity contribution in [2.75, 3.05) is 31.1 Å². The predicted molar refractivity (Wildman–Crippen MR) is 84.0 cm³/mol. The topological polar surface area (TPSA) is 23.6 Å². The third kappa shape index (κ3) is 3.99. The van der Waals surface area contributed by atoms with Crippen LogP contribution in [0, 0.1) is 12.8 Å². The van der Waals surface area contributed by atoms with Crippen molar-refractivity contribution in [1.82, 2.24) is 4.90 Å². The maximum atomic E-state index is 12.1. The molecule has 1 amide bonds. The molecule has 1 aromatic carbocycles. The molecule has 0 saturated carbocycles. The fourth-order valence-electron chi connectivity index (χ4n) is 2.61. The fourth-order valence-corrected chi connectivity index (χ4v) is 2.61. The van der Waals surface area contributed by atoms with Gasteiger partial charge in [-0.3, -0.25) is 4.79 Å². The van der Waals surface area contributed by atoms with E-state index in [1.165, 1.54) is 11.3 Å². The molecule has 0 radical (unpaired) electrons. The smallest absolute Gasteiger partial charge is 0.222 e. The molecule has 0 bridgehead atoms. The minimum Gasteiger partial charge on any atom is -0.368 e. The number of rotatable bonds is 4. The number of anilines is 1. The maximum absolute atomic E-state index is 12.1. The van der Waals surface area contributed by atoms with Crippen LogP contribution in [-0.2, 0) is 4.79 Å². The van der Waals surface area contributed by atoms with Crippen LogP contribution >= 0.6 is 0 Å². The van der Waals surface area contributed by atoms with E-state index in [0.29, 0.717) is 18.2 Å². The van der Waals surface area contributed by atoms with Gasteiger partial charge in [-0.25, -0.2) is 0 Å². The largest absolute Gasteiger partial charge is 0.368 e. The highest BCUT2D eigenvalue weighted by Gasteiger charge is 2.21. The van der Waals surface area contributed by atoms with Crippen LogP contribution in [-0.4, -0.2) is 37.0 Å². The predicted octanol–water partition coefficient (Wildman–Crippen LogP) is 3.08. The highest BCUT2D eigenvalue weighted by Crippen LogP contribution is 2.18. The molecule has 3 heteroatoms. The number of piperazine rings is 1. The standard InChI is InChI=1S/C17H26N2O/c1-14(2)7-8-17(20)19-11-9-18(10-12-19)16-6-4-5-15(3)13-16/h4-6,13-14H,7-12H2,1-3H3. The van der Waals surface area contributed by atoms with Gasteiger partial charge < -0.3 is 9.80 Å². The molecule has 0 spiro atoms. The summed E-state index contributed by atoms with van der Waals surface area (Å²) >= 11 is 0. The van der Waals surface area contributed by atoms with Crippen molar-refractivity contribution in [3.8, 4) is 0 Å². The monoisotopic (exact) mass is 274 g/mol. The zero-order chi connectivity index (χ0) is 14.5. The molecule has 1 fully saturated rings. The highest BCUT2D eigenvalue weighted by molar-refractivity contribution is 5.76. The SMILES string of the molecule is Cc1cccc(N2CCN(C(=O)CCC(C)C)CC2)c1. The lowest BCUT2D eigenvalue weighted by Crippen LogP contribution is -2.48. The Bertz CT molecular complexity index is 448. The van der Waals surface area contributed by atoms with Crippen molar-refractivity contribution >= 4 is 11.6 Å². The van der Waals surface area contributed by atoms with Crippen LogP contribution in [0.15, 0.2) is 24.3 Å². The second kappa shape index (κ2) is 6.78. The first-order valence-corrected chi connectivity index (χ1v) is 7.65. The molecule has 0 atom stereocenters. The summed E-state index contributed by atoms with van der Waals surface area (Å²) in [6, 6.07) is 8.60. The number of nitrogens with zero attached hydrogens (tertiary/aromatic N) is 2. The Balaban J connectivity index is 1.84.